The maximum Gasteiger partial charge on any atom is 0.416 e. The molecule has 2 N–H and O–H groups in total. The third-order valence-corrected chi connectivity index (χ3v) is 8.23. The minimum Gasteiger partial charge on any atom is -0.489 e. The van der Waals surface area contributed by atoms with Crippen LogP contribution in [0.25, 0.3) is 21.0 Å². The van der Waals surface area contributed by atoms with E-state index in [1.54, 1.807) is 18.2 Å². The van der Waals surface area contributed by atoms with Crippen LogP contribution < -0.4 is 10.3 Å². The molecule has 0 saturated carbocycles. The van der Waals surface area contributed by atoms with Crippen LogP contribution in [0.2, 0.25) is 0 Å². The molecule has 0 aliphatic carbocycles. The molecule has 5 rings (SSSR count). The summed E-state index contributed by atoms with van der Waals surface area (Å²) in [5, 5.41) is 27.5. The molecular weight excluding hydrogens is 603 g/mol. The number of nitrogens with zero attached hydrogens (tertiary/aromatic N) is 3. The van der Waals surface area contributed by atoms with Crippen molar-refractivity contribution in [2.45, 2.75) is 32.2 Å². The van der Waals surface area contributed by atoms with Gasteiger partial charge in [-0.3, -0.25) is 19.2 Å². The van der Waals surface area contributed by atoms with Crippen molar-refractivity contribution < 1.29 is 42.5 Å². The Kier molecular flexibility index (Phi) is 8.19. The highest BCUT2D eigenvalue weighted by Gasteiger charge is 2.48. The molecule has 5 aromatic rings. The van der Waals surface area contributed by atoms with Gasteiger partial charge in [0.05, 0.1) is 15.8 Å². The fourth-order valence-corrected chi connectivity index (χ4v) is 5.61. The van der Waals surface area contributed by atoms with Crippen molar-refractivity contribution in [3.05, 3.63) is 99.2 Å². The molecule has 14 heteroatoms. The Morgan fingerprint density at radius 1 is 0.932 bits per heavy atom. The van der Waals surface area contributed by atoms with E-state index in [9.17, 15) is 42.6 Å². The van der Waals surface area contributed by atoms with E-state index < -0.39 is 65.2 Å². The quantitative estimate of drug-likeness (QED) is 0.145. The standard InChI is InChI=1S/C30H22F3N3O7S/c31-30(32,33)19-7-9-22-21(13-19)26(38)36(35-34-22)11-10-29(27(39)40,28(41)42)15-23(37)25-12-18-6-8-20(14-24(18)44-25)43-16-17-4-2-1-3-5-17/h1-9,12-14H,10-11,15-16H2,(H,39,40)(H,41,42). The third kappa shape index (κ3) is 6.15. The lowest BCUT2D eigenvalue weighted by Gasteiger charge is -2.24. The van der Waals surface area contributed by atoms with Gasteiger partial charge in [0, 0.05) is 17.7 Å². The molecule has 0 radical (unpaired) electrons. The van der Waals surface area contributed by atoms with E-state index in [0.29, 0.717) is 33.2 Å². The number of carboxylic acid groups (broad SMARTS) is 2. The third-order valence-electron chi connectivity index (χ3n) is 7.10. The second-order valence-electron chi connectivity index (χ2n) is 9.97. The van der Waals surface area contributed by atoms with Gasteiger partial charge in [0.2, 0.25) is 0 Å². The van der Waals surface area contributed by atoms with Crippen molar-refractivity contribution in [3.8, 4) is 5.75 Å². The van der Waals surface area contributed by atoms with E-state index in [0.717, 1.165) is 29.0 Å². The van der Waals surface area contributed by atoms with E-state index in [-0.39, 0.29) is 10.4 Å². The number of ketones is 1. The number of rotatable bonds is 11. The van der Waals surface area contributed by atoms with Crippen molar-refractivity contribution in [1.29, 1.82) is 0 Å². The number of aryl methyl sites for hydroxylation is 1. The molecular formula is C30H22F3N3O7S. The van der Waals surface area contributed by atoms with Gasteiger partial charge in [0.25, 0.3) is 5.56 Å². The topological polar surface area (TPSA) is 149 Å². The number of carbonyl (C=O) groups is 3. The summed E-state index contributed by atoms with van der Waals surface area (Å²) in [6, 6.07) is 18.4. The van der Waals surface area contributed by atoms with Gasteiger partial charge in [-0.2, -0.15) is 13.2 Å². The zero-order valence-electron chi connectivity index (χ0n) is 22.6. The molecule has 0 aliphatic heterocycles. The Balaban J connectivity index is 1.37. The number of halogens is 3. The minimum atomic E-state index is -4.74. The predicted molar refractivity (Wildman–Crippen MR) is 153 cm³/mol. The Bertz CT molecular complexity index is 1940. The monoisotopic (exact) mass is 625 g/mol. The zero-order valence-corrected chi connectivity index (χ0v) is 23.4. The molecule has 3 aromatic carbocycles. The molecule has 0 unspecified atom stereocenters. The predicted octanol–water partition coefficient (Wildman–Crippen LogP) is 5.42. The van der Waals surface area contributed by atoms with Crippen LogP contribution >= 0.6 is 11.3 Å². The van der Waals surface area contributed by atoms with Crippen molar-refractivity contribution in [1.82, 2.24) is 15.0 Å². The van der Waals surface area contributed by atoms with E-state index >= 15 is 0 Å². The maximum absolute atomic E-state index is 13.3. The number of aromatic nitrogens is 3. The number of carbonyl (C=O) groups excluding carboxylic acids is 1. The van der Waals surface area contributed by atoms with Crippen LogP contribution in [0.1, 0.15) is 33.6 Å². The fourth-order valence-electron chi connectivity index (χ4n) is 4.58. The first-order valence-corrected chi connectivity index (χ1v) is 13.8. The number of Topliss-reactive ketones (excluding diaryl/α,β-unsaturated/α-hetero) is 1. The van der Waals surface area contributed by atoms with Crippen LogP contribution in [0.4, 0.5) is 13.2 Å². The molecule has 44 heavy (non-hydrogen) atoms. The van der Waals surface area contributed by atoms with Gasteiger partial charge in [-0.05, 0) is 59.8 Å². The average molecular weight is 626 g/mol. The van der Waals surface area contributed by atoms with Crippen LogP contribution in [0, 0.1) is 5.41 Å². The van der Waals surface area contributed by atoms with E-state index in [1.807, 2.05) is 30.3 Å². The van der Waals surface area contributed by atoms with E-state index in [2.05, 4.69) is 10.3 Å². The first kappa shape index (κ1) is 30.4. The fraction of sp³-hybridized carbons (Fsp3) is 0.200. The lowest BCUT2D eigenvalue weighted by atomic mass is 9.79. The van der Waals surface area contributed by atoms with Crippen LogP contribution in [0.3, 0.4) is 0 Å². The van der Waals surface area contributed by atoms with Gasteiger partial charge in [0.15, 0.2) is 11.2 Å². The van der Waals surface area contributed by atoms with Crippen molar-refractivity contribution in [2.24, 2.45) is 5.41 Å². The lowest BCUT2D eigenvalue weighted by Crippen LogP contribution is -2.43. The van der Waals surface area contributed by atoms with E-state index in [4.69, 9.17) is 4.74 Å². The first-order valence-electron chi connectivity index (χ1n) is 13.0. The zero-order chi connectivity index (χ0) is 31.6. The summed E-state index contributed by atoms with van der Waals surface area (Å²) in [6.07, 6.45) is -6.46. The van der Waals surface area contributed by atoms with Crippen molar-refractivity contribution in [2.75, 3.05) is 0 Å². The number of hydrogen-bond acceptors (Lipinski definition) is 8. The Labute approximate surface area is 249 Å². The number of aliphatic carboxylic acids is 2. The Hall–Kier alpha value is -5.11. The normalized spacial score (nSPS) is 12.0. The number of benzene rings is 3. The number of thiophene rings is 1. The Morgan fingerprint density at radius 2 is 1.66 bits per heavy atom. The molecule has 2 heterocycles. The first-order chi connectivity index (χ1) is 20.9. The highest BCUT2D eigenvalue weighted by Crippen LogP contribution is 2.35. The molecule has 0 aliphatic rings. The van der Waals surface area contributed by atoms with Crippen molar-refractivity contribution in [3.63, 3.8) is 0 Å². The smallest absolute Gasteiger partial charge is 0.416 e. The molecule has 0 atom stereocenters. The second-order valence-corrected chi connectivity index (χ2v) is 11.1. The number of carboxylic acids is 2. The second kappa shape index (κ2) is 11.9. The molecule has 0 amide bonds. The summed E-state index contributed by atoms with van der Waals surface area (Å²) in [6.45, 7) is -0.324. The van der Waals surface area contributed by atoms with Crippen LogP contribution in [-0.2, 0) is 28.9 Å². The summed E-state index contributed by atoms with van der Waals surface area (Å²) >= 11 is 1.04. The van der Waals surface area contributed by atoms with Gasteiger partial charge >= 0.3 is 18.1 Å². The molecule has 2 aromatic heterocycles. The minimum absolute atomic E-state index is 0.120. The summed E-state index contributed by atoms with van der Waals surface area (Å²) in [4.78, 5) is 50.9. The maximum atomic E-state index is 13.3. The Morgan fingerprint density at radius 3 is 2.34 bits per heavy atom. The molecule has 0 fully saturated rings. The number of fused-ring (bicyclic) bond motifs is 2. The SMILES string of the molecule is O=C(CC(CCn1nnc2ccc(C(F)(F)F)cc2c1=O)(C(=O)O)C(=O)O)c1cc2ccc(OCc3ccccc3)cc2s1. The summed E-state index contributed by atoms with van der Waals surface area (Å²) < 4.78 is 46.6. The average Bonchev–Trinajstić information content (AvgIpc) is 3.42. The van der Waals surface area contributed by atoms with Gasteiger partial charge < -0.3 is 14.9 Å². The summed E-state index contributed by atoms with van der Waals surface area (Å²) in [5.41, 5.74) is -3.96. The highest BCUT2D eigenvalue weighted by atomic mass is 32.1. The highest BCUT2D eigenvalue weighted by molar-refractivity contribution is 7.20. The lowest BCUT2D eigenvalue weighted by molar-refractivity contribution is -0.165. The number of alkyl halides is 3. The summed E-state index contributed by atoms with van der Waals surface area (Å²) in [7, 11) is 0. The molecule has 226 valence electrons. The van der Waals surface area contributed by atoms with Gasteiger partial charge in [-0.25, -0.2) is 4.68 Å². The van der Waals surface area contributed by atoms with Crippen LogP contribution in [-0.4, -0.2) is 42.9 Å². The van der Waals surface area contributed by atoms with E-state index in [1.165, 1.54) is 6.07 Å². The van der Waals surface area contributed by atoms with Gasteiger partial charge in [-0.15, -0.1) is 16.4 Å². The molecule has 0 spiro atoms. The molecule has 0 bridgehead atoms. The van der Waals surface area contributed by atoms with Crippen LogP contribution in [0.5, 0.6) is 5.75 Å². The number of ether oxygens (including phenoxy) is 1. The molecule has 10 nitrogen and oxygen atoms in total. The van der Waals surface area contributed by atoms with Crippen LogP contribution in [0.15, 0.2) is 77.6 Å². The van der Waals surface area contributed by atoms with Crippen molar-refractivity contribution >= 4 is 50.0 Å². The van der Waals surface area contributed by atoms with Gasteiger partial charge in [0.1, 0.15) is 17.9 Å². The largest absolute Gasteiger partial charge is 0.489 e. The molecule has 0 saturated heterocycles. The number of hydrogen-bond donors (Lipinski definition) is 2. The summed E-state index contributed by atoms with van der Waals surface area (Å²) in [5.74, 6) is -3.86. The van der Waals surface area contributed by atoms with Gasteiger partial charge in [-0.1, -0.05) is 35.5 Å².